The fourth-order valence-corrected chi connectivity index (χ4v) is 2.54. The molecule has 0 bridgehead atoms. The predicted octanol–water partition coefficient (Wildman–Crippen LogP) is 1.01. The van der Waals surface area contributed by atoms with Gasteiger partial charge in [-0.1, -0.05) is 17.3 Å². The third kappa shape index (κ3) is 2.95. The molecule has 1 aromatic heterocycles. The maximum Gasteiger partial charge on any atom is 0.276 e. The first-order valence-corrected chi connectivity index (χ1v) is 7.15. The van der Waals surface area contributed by atoms with Crippen molar-refractivity contribution >= 4 is 5.91 Å². The number of nitrogens with one attached hydrogen (secondary N) is 1. The Kier molecular flexibility index (Phi) is 3.70. The summed E-state index contributed by atoms with van der Waals surface area (Å²) in [5, 5.41) is 11.4. The number of aromatic nitrogens is 3. The van der Waals surface area contributed by atoms with E-state index in [2.05, 4.69) is 22.6 Å². The van der Waals surface area contributed by atoms with Crippen molar-refractivity contribution in [1.29, 1.82) is 0 Å². The molecular formula is C15H19N5O. The quantitative estimate of drug-likeness (QED) is 0.894. The van der Waals surface area contributed by atoms with Crippen LogP contribution in [0.4, 0.5) is 0 Å². The minimum absolute atomic E-state index is 0.0535. The molecule has 2 aromatic rings. The smallest absolute Gasteiger partial charge is 0.276 e. The van der Waals surface area contributed by atoms with Gasteiger partial charge in [0.1, 0.15) is 0 Å². The van der Waals surface area contributed by atoms with E-state index in [0.29, 0.717) is 24.8 Å². The van der Waals surface area contributed by atoms with Crippen LogP contribution in [-0.4, -0.2) is 51.5 Å². The molecule has 1 aliphatic rings. The number of aryl methyl sites for hydroxylation is 1. The summed E-state index contributed by atoms with van der Waals surface area (Å²) in [6.07, 6.45) is 1.70. The molecule has 1 aromatic carbocycles. The lowest BCUT2D eigenvalue weighted by Gasteiger charge is -2.31. The lowest BCUT2D eigenvalue weighted by Crippen LogP contribution is -2.51. The van der Waals surface area contributed by atoms with Gasteiger partial charge in [-0.15, -0.1) is 5.10 Å². The predicted molar refractivity (Wildman–Crippen MR) is 79.5 cm³/mol. The number of nitrogens with zero attached hydrogens (tertiary/aromatic N) is 4. The van der Waals surface area contributed by atoms with Crippen LogP contribution < -0.4 is 5.32 Å². The van der Waals surface area contributed by atoms with E-state index >= 15 is 0 Å². The summed E-state index contributed by atoms with van der Waals surface area (Å²) in [4.78, 5) is 14.3. The van der Waals surface area contributed by atoms with Gasteiger partial charge in [-0.2, -0.15) is 0 Å². The molecule has 110 valence electrons. The van der Waals surface area contributed by atoms with Crippen LogP contribution in [0.2, 0.25) is 0 Å². The summed E-state index contributed by atoms with van der Waals surface area (Å²) in [5.74, 6) is -0.0535. The Morgan fingerprint density at radius 2 is 2.29 bits per heavy atom. The maximum atomic E-state index is 12.4. The molecule has 21 heavy (non-hydrogen) atoms. The van der Waals surface area contributed by atoms with E-state index in [1.54, 1.807) is 10.9 Å². The fraction of sp³-hybridized carbons (Fsp3) is 0.400. The summed E-state index contributed by atoms with van der Waals surface area (Å²) >= 11 is 0. The zero-order valence-corrected chi connectivity index (χ0v) is 12.3. The molecule has 0 aliphatic carbocycles. The first-order chi connectivity index (χ1) is 10.1. The Morgan fingerprint density at radius 3 is 3.05 bits per heavy atom. The minimum Gasteiger partial charge on any atom is -0.334 e. The number of piperazine rings is 1. The average molecular weight is 285 g/mol. The monoisotopic (exact) mass is 285 g/mol. The number of hydrogen-bond acceptors (Lipinski definition) is 4. The van der Waals surface area contributed by atoms with E-state index in [-0.39, 0.29) is 5.91 Å². The molecule has 0 radical (unpaired) electrons. The van der Waals surface area contributed by atoms with Crippen LogP contribution in [0.1, 0.15) is 23.0 Å². The maximum absolute atomic E-state index is 12.4. The molecule has 0 saturated carbocycles. The molecule has 1 amide bonds. The normalized spacial score (nSPS) is 18.8. The first-order valence-electron chi connectivity index (χ1n) is 7.15. The minimum atomic E-state index is -0.0535. The van der Waals surface area contributed by atoms with Crippen molar-refractivity contribution in [2.75, 3.05) is 19.6 Å². The molecule has 6 heteroatoms. The molecule has 1 saturated heterocycles. The zero-order valence-electron chi connectivity index (χ0n) is 12.3. The van der Waals surface area contributed by atoms with Gasteiger partial charge in [0.15, 0.2) is 5.69 Å². The molecule has 6 nitrogen and oxygen atoms in total. The number of rotatable bonds is 2. The van der Waals surface area contributed by atoms with E-state index in [1.165, 1.54) is 0 Å². The van der Waals surface area contributed by atoms with Gasteiger partial charge in [-0.3, -0.25) is 4.79 Å². The Bertz CT molecular complexity index is 651. The highest BCUT2D eigenvalue weighted by atomic mass is 16.2. The molecule has 1 aliphatic heterocycles. The Balaban J connectivity index is 1.80. The van der Waals surface area contributed by atoms with Gasteiger partial charge in [0.05, 0.1) is 11.9 Å². The lowest BCUT2D eigenvalue weighted by molar-refractivity contribution is 0.0703. The van der Waals surface area contributed by atoms with Crippen LogP contribution in [0.25, 0.3) is 5.69 Å². The summed E-state index contributed by atoms with van der Waals surface area (Å²) in [7, 11) is 0. The average Bonchev–Trinajstić information content (AvgIpc) is 2.96. The highest BCUT2D eigenvalue weighted by Crippen LogP contribution is 2.11. The van der Waals surface area contributed by atoms with E-state index in [1.807, 2.05) is 36.1 Å². The van der Waals surface area contributed by atoms with Gasteiger partial charge in [0.25, 0.3) is 5.91 Å². The zero-order chi connectivity index (χ0) is 14.8. The molecule has 0 unspecified atom stereocenters. The van der Waals surface area contributed by atoms with Crippen LogP contribution in [0, 0.1) is 6.92 Å². The summed E-state index contributed by atoms with van der Waals surface area (Å²) in [5.41, 5.74) is 2.45. The molecule has 1 N–H and O–H groups in total. The highest BCUT2D eigenvalue weighted by molar-refractivity contribution is 5.92. The summed E-state index contributed by atoms with van der Waals surface area (Å²) < 4.78 is 1.64. The van der Waals surface area contributed by atoms with E-state index in [4.69, 9.17) is 0 Å². The van der Waals surface area contributed by atoms with Crippen LogP contribution in [0.15, 0.2) is 30.5 Å². The van der Waals surface area contributed by atoms with Gasteiger partial charge in [0, 0.05) is 25.7 Å². The molecule has 2 heterocycles. The lowest BCUT2D eigenvalue weighted by atomic mass is 10.2. The number of amides is 1. The number of benzene rings is 1. The standard InChI is InChI=1S/C15H19N5O/c1-11-4-3-5-13(8-11)20-10-14(17-18-20)15(21)19-7-6-16-12(2)9-19/h3-5,8,10,12,16H,6-7,9H2,1-2H3/t12-/m0/s1. The van der Waals surface area contributed by atoms with Gasteiger partial charge in [-0.25, -0.2) is 4.68 Å². The Morgan fingerprint density at radius 1 is 1.43 bits per heavy atom. The Hall–Kier alpha value is -2.21. The van der Waals surface area contributed by atoms with Crippen molar-refractivity contribution in [2.45, 2.75) is 19.9 Å². The number of hydrogen-bond donors (Lipinski definition) is 1. The SMILES string of the molecule is Cc1cccc(-n2cc(C(=O)N3CCN[C@@H](C)C3)nn2)c1. The molecular weight excluding hydrogens is 266 g/mol. The van der Waals surface area contributed by atoms with Crippen LogP contribution >= 0.6 is 0 Å². The topological polar surface area (TPSA) is 63.1 Å². The molecule has 1 fully saturated rings. The second-order valence-corrected chi connectivity index (χ2v) is 5.49. The van der Waals surface area contributed by atoms with Crippen molar-refractivity contribution < 1.29 is 4.79 Å². The van der Waals surface area contributed by atoms with E-state index in [0.717, 1.165) is 17.8 Å². The number of carbonyl (C=O) groups excluding carboxylic acids is 1. The van der Waals surface area contributed by atoms with Crippen molar-refractivity contribution in [3.05, 3.63) is 41.7 Å². The first kappa shape index (κ1) is 13.8. The van der Waals surface area contributed by atoms with Crippen molar-refractivity contribution in [3.8, 4) is 5.69 Å². The van der Waals surface area contributed by atoms with Crippen LogP contribution in [0.5, 0.6) is 0 Å². The van der Waals surface area contributed by atoms with Gasteiger partial charge >= 0.3 is 0 Å². The molecule has 3 rings (SSSR count). The fourth-order valence-electron chi connectivity index (χ4n) is 2.54. The second kappa shape index (κ2) is 5.65. The number of carbonyl (C=O) groups is 1. The highest BCUT2D eigenvalue weighted by Gasteiger charge is 2.23. The van der Waals surface area contributed by atoms with Gasteiger partial charge < -0.3 is 10.2 Å². The van der Waals surface area contributed by atoms with E-state index < -0.39 is 0 Å². The van der Waals surface area contributed by atoms with Crippen LogP contribution in [0.3, 0.4) is 0 Å². The van der Waals surface area contributed by atoms with E-state index in [9.17, 15) is 4.79 Å². The molecule has 0 spiro atoms. The van der Waals surface area contributed by atoms with Gasteiger partial charge in [0.2, 0.25) is 0 Å². The summed E-state index contributed by atoms with van der Waals surface area (Å²) in [6.45, 7) is 6.33. The largest absolute Gasteiger partial charge is 0.334 e. The third-order valence-electron chi connectivity index (χ3n) is 3.63. The second-order valence-electron chi connectivity index (χ2n) is 5.49. The van der Waals surface area contributed by atoms with Crippen molar-refractivity contribution in [2.24, 2.45) is 0 Å². The van der Waals surface area contributed by atoms with Crippen molar-refractivity contribution in [3.63, 3.8) is 0 Å². The third-order valence-corrected chi connectivity index (χ3v) is 3.63. The van der Waals surface area contributed by atoms with Crippen molar-refractivity contribution in [1.82, 2.24) is 25.2 Å². The Labute approximate surface area is 123 Å². The molecule has 1 atom stereocenters. The van der Waals surface area contributed by atoms with Crippen LogP contribution in [-0.2, 0) is 0 Å². The summed E-state index contributed by atoms with van der Waals surface area (Å²) in [6, 6.07) is 8.26. The van der Waals surface area contributed by atoms with Gasteiger partial charge in [-0.05, 0) is 31.5 Å².